The second kappa shape index (κ2) is 30.1. The van der Waals surface area contributed by atoms with Gasteiger partial charge in [0.1, 0.15) is 34.5 Å². The molecule has 8 rings (SSSR count). The number of hydrogen-bond acceptors (Lipinski definition) is 12. The zero-order valence-electron chi connectivity index (χ0n) is 45.4. The lowest BCUT2D eigenvalue weighted by Crippen LogP contribution is -2.09. The van der Waals surface area contributed by atoms with Crippen molar-refractivity contribution in [1.82, 2.24) is 0 Å². The van der Waals surface area contributed by atoms with Crippen LogP contribution in [0.2, 0.25) is 0 Å². The van der Waals surface area contributed by atoms with Crippen molar-refractivity contribution >= 4 is 58.5 Å². The van der Waals surface area contributed by atoms with E-state index in [9.17, 15) is 19.2 Å². The Kier molecular flexibility index (Phi) is 21.5. The number of hydrogen-bond donors (Lipinski definition) is 0. The maximum Gasteiger partial charge on any atom is 0.343 e. The average molecular weight is 1070 g/mol. The summed E-state index contributed by atoms with van der Waals surface area (Å²) >= 11 is 0. The van der Waals surface area contributed by atoms with Gasteiger partial charge in [-0.25, -0.2) is 19.2 Å². The van der Waals surface area contributed by atoms with Crippen LogP contribution < -0.4 is 28.4 Å². The summed E-state index contributed by atoms with van der Waals surface area (Å²) < 4.78 is 34.5. The quantitative estimate of drug-likeness (QED) is 0.0201. The Labute approximate surface area is 468 Å². The second-order valence-electron chi connectivity index (χ2n) is 19.2. The van der Waals surface area contributed by atoms with Gasteiger partial charge in [-0.2, -0.15) is 0 Å². The van der Waals surface area contributed by atoms with E-state index < -0.39 is 23.9 Å². The molecule has 12 heteroatoms. The summed E-state index contributed by atoms with van der Waals surface area (Å²) in [6, 6.07) is 51.8. The lowest BCUT2D eigenvalue weighted by molar-refractivity contribution is 0.0724. The Balaban J connectivity index is 0.771. The van der Waals surface area contributed by atoms with Crippen LogP contribution in [0.3, 0.4) is 0 Å². The zero-order chi connectivity index (χ0) is 55.7. The highest BCUT2D eigenvalue weighted by Gasteiger charge is 2.15. The highest BCUT2D eigenvalue weighted by molar-refractivity contribution is 5.98. The number of unbranched alkanes of at least 4 members (excludes halogenated alkanes) is 10. The van der Waals surface area contributed by atoms with E-state index in [0.717, 1.165) is 53.7 Å². The molecule has 0 aliphatic carbocycles. The van der Waals surface area contributed by atoms with Gasteiger partial charge in [0, 0.05) is 17.8 Å². The summed E-state index contributed by atoms with van der Waals surface area (Å²) in [6.45, 7) is 5.73. The van der Waals surface area contributed by atoms with Crippen molar-refractivity contribution in [3.63, 3.8) is 0 Å². The number of fused-ring (bicyclic) bond motifs is 1. The topological polar surface area (TPSA) is 148 Å². The minimum Gasteiger partial charge on any atom is -0.494 e. The molecule has 0 radical (unpaired) electrons. The van der Waals surface area contributed by atoms with Crippen LogP contribution in [0.15, 0.2) is 192 Å². The van der Waals surface area contributed by atoms with Gasteiger partial charge in [0.15, 0.2) is 0 Å². The van der Waals surface area contributed by atoms with Gasteiger partial charge >= 0.3 is 23.9 Å². The van der Waals surface area contributed by atoms with Gasteiger partial charge in [-0.1, -0.05) is 121 Å². The van der Waals surface area contributed by atoms with E-state index >= 15 is 0 Å². The summed E-state index contributed by atoms with van der Waals surface area (Å²) in [4.78, 5) is 61.3. The minimum atomic E-state index is -0.566. The fourth-order valence-corrected chi connectivity index (χ4v) is 8.46. The highest BCUT2D eigenvalue weighted by atomic mass is 16.5. The van der Waals surface area contributed by atoms with Crippen LogP contribution in [-0.2, 0) is 0 Å². The maximum absolute atomic E-state index is 13.4. The van der Waals surface area contributed by atoms with Crippen molar-refractivity contribution in [3.05, 3.63) is 215 Å². The maximum atomic E-state index is 13.4. The third-order valence-corrected chi connectivity index (χ3v) is 13.1. The molecule has 0 bridgehead atoms. The fourth-order valence-electron chi connectivity index (χ4n) is 8.46. The number of benzene rings is 8. The summed E-state index contributed by atoms with van der Waals surface area (Å²) in [5, 5.41) is 1.37. The standard InChI is InChI=1S/C68H66N2O10/c1-3-5-7-9-11-13-44-75-58-35-27-54(28-36-58)65(71)77-60-40-31-56(32-41-60)69-47-49-18-22-52(23-19-49)67(73)79-62-39-26-51-16-15-17-64(63(51)46-62)80-68(74)53-24-20-50(21-25-53)48-70-57-33-42-61(43-34-57)78-66(72)55-29-37-59(38-30-55)76-45-14-12-10-8-6-4-2/h15-43,46-48H,3-14,44-45H2,1-2H3. The fraction of sp³-hybridized carbons (Fsp3) is 0.235. The van der Waals surface area contributed by atoms with Crippen LogP contribution in [0, 0.1) is 0 Å². The van der Waals surface area contributed by atoms with Crippen molar-refractivity contribution in [2.75, 3.05) is 13.2 Å². The van der Waals surface area contributed by atoms with Crippen molar-refractivity contribution in [3.8, 4) is 34.5 Å². The van der Waals surface area contributed by atoms with Crippen molar-refractivity contribution in [1.29, 1.82) is 0 Å². The molecule has 0 amide bonds. The summed E-state index contributed by atoms with van der Waals surface area (Å²) in [7, 11) is 0. The van der Waals surface area contributed by atoms with Gasteiger partial charge < -0.3 is 28.4 Å². The van der Waals surface area contributed by atoms with Gasteiger partial charge in [-0.05, 0) is 169 Å². The van der Waals surface area contributed by atoms with Crippen LogP contribution in [0.5, 0.6) is 34.5 Å². The van der Waals surface area contributed by atoms with Gasteiger partial charge in [0.25, 0.3) is 0 Å². The first-order valence-electron chi connectivity index (χ1n) is 27.6. The number of rotatable bonds is 28. The van der Waals surface area contributed by atoms with E-state index in [0.29, 0.717) is 69.5 Å². The largest absolute Gasteiger partial charge is 0.494 e. The SMILES string of the molecule is CCCCCCCCOc1ccc(C(=O)Oc2ccc(N=Cc3ccc(C(=O)Oc4ccc5cccc(OC(=O)c6ccc(C=Nc7ccc(OC(=O)c8ccc(OCCCCCCCC)cc8)cc7)cc6)c5c4)cc3)cc2)cc1. The highest BCUT2D eigenvalue weighted by Crippen LogP contribution is 2.31. The molecule has 0 unspecified atom stereocenters. The molecule has 0 saturated heterocycles. The van der Waals surface area contributed by atoms with E-state index in [1.807, 2.05) is 6.07 Å². The summed E-state index contributed by atoms with van der Waals surface area (Å²) in [5.41, 5.74) is 4.30. The van der Waals surface area contributed by atoms with Gasteiger partial charge in [0.2, 0.25) is 0 Å². The second-order valence-corrected chi connectivity index (χ2v) is 19.2. The van der Waals surface area contributed by atoms with E-state index in [-0.39, 0.29) is 5.75 Å². The predicted octanol–water partition coefficient (Wildman–Crippen LogP) is 16.7. The van der Waals surface area contributed by atoms with Crippen molar-refractivity contribution in [2.24, 2.45) is 9.98 Å². The molecule has 0 N–H and O–H groups in total. The van der Waals surface area contributed by atoms with Crippen LogP contribution in [0.1, 0.15) is 143 Å². The molecule has 80 heavy (non-hydrogen) atoms. The van der Waals surface area contributed by atoms with Gasteiger partial charge in [-0.3, -0.25) is 9.98 Å². The Morgan fingerprint density at radius 2 is 0.725 bits per heavy atom. The van der Waals surface area contributed by atoms with Crippen LogP contribution in [0.4, 0.5) is 11.4 Å². The van der Waals surface area contributed by atoms with E-state index in [1.165, 1.54) is 51.4 Å². The molecule has 0 atom stereocenters. The third-order valence-electron chi connectivity index (χ3n) is 13.1. The molecule has 0 saturated carbocycles. The van der Waals surface area contributed by atoms with E-state index in [2.05, 4.69) is 23.8 Å². The lowest BCUT2D eigenvalue weighted by atomic mass is 10.1. The lowest BCUT2D eigenvalue weighted by Gasteiger charge is -2.10. The predicted molar refractivity (Wildman–Crippen MR) is 315 cm³/mol. The van der Waals surface area contributed by atoms with Gasteiger partial charge in [0.05, 0.1) is 46.8 Å². The Hall–Kier alpha value is -9.16. The Bertz CT molecular complexity index is 3330. The molecule has 0 heterocycles. The van der Waals surface area contributed by atoms with Gasteiger partial charge in [-0.15, -0.1) is 0 Å². The number of nitrogens with zero attached hydrogens (tertiary/aromatic N) is 2. The third kappa shape index (κ3) is 17.7. The summed E-state index contributed by atoms with van der Waals surface area (Å²) in [6.07, 6.45) is 17.6. The molecule has 408 valence electrons. The number of carbonyl (C=O) groups excluding carboxylic acids is 4. The zero-order valence-corrected chi connectivity index (χ0v) is 45.4. The van der Waals surface area contributed by atoms with Crippen LogP contribution >= 0.6 is 0 Å². The van der Waals surface area contributed by atoms with Crippen molar-refractivity contribution < 1.29 is 47.6 Å². The molecular formula is C68H66N2O10. The van der Waals surface area contributed by atoms with Crippen LogP contribution in [-0.4, -0.2) is 49.5 Å². The van der Waals surface area contributed by atoms with Crippen molar-refractivity contribution in [2.45, 2.75) is 90.9 Å². The monoisotopic (exact) mass is 1070 g/mol. The normalized spacial score (nSPS) is 11.2. The number of esters is 4. The first-order chi connectivity index (χ1) is 39.2. The molecule has 12 nitrogen and oxygen atoms in total. The van der Waals surface area contributed by atoms with E-state index in [1.54, 1.807) is 188 Å². The Morgan fingerprint density at radius 3 is 1.16 bits per heavy atom. The Morgan fingerprint density at radius 1 is 0.362 bits per heavy atom. The molecule has 0 aromatic heterocycles. The molecule has 0 aliphatic heterocycles. The molecule has 8 aromatic rings. The van der Waals surface area contributed by atoms with E-state index in [4.69, 9.17) is 28.4 Å². The molecule has 0 spiro atoms. The molecule has 0 fully saturated rings. The number of ether oxygens (including phenoxy) is 6. The first-order valence-corrected chi connectivity index (χ1v) is 27.6. The smallest absolute Gasteiger partial charge is 0.343 e. The first kappa shape index (κ1) is 57.0. The minimum absolute atomic E-state index is 0.275. The number of carbonyl (C=O) groups is 4. The molecule has 8 aromatic carbocycles. The average Bonchev–Trinajstić information content (AvgIpc) is 3.51. The molecule has 0 aliphatic rings. The van der Waals surface area contributed by atoms with Crippen LogP contribution in [0.25, 0.3) is 10.8 Å². The molecular weight excluding hydrogens is 1000 g/mol. The summed E-state index contributed by atoms with van der Waals surface area (Å²) in [5.74, 6) is 0.738. The number of aliphatic imine (C=N–C) groups is 2.